The number of aromatic nitrogens is 2. The lowest BCUT2D eigenvalue weighted by molar-refractivity contribution is 0.210. The van der Waals surface area contributed by atoms with E-state index in [1.165, 1.54) is 0 Å². The number of nitrogens with one attached hydrogen (secondary N) is 1. The summed E-state index contributed by atoms with van der Waals surface area (Å²) >= 11 is 0. The fourth-order valence-corrected chi connectivity index (χ4v) is 2.94. The second-order valence-electron chi connectivity index (χ2n) is 6.31. The molecule has 0 aliphatic carbocycles. The van der Waals surface area contributed by atoms with E-state index < -0.39 is 0 Å². The number of benzene rings is 1. The van der Waals surface area contributed by atoms with Gasteiger partial charge in [-0.3, -0.25) is 4.90 Å². The molecular formula is C21H24N4O2. The minimum Gasteiger partial charge on any atom is -0.468 e. The first-order valence-corrected chi connectivity index (χ1v) is 8.88. The van der Waals surface area contributed by atoms with Crippen molar-refractivity contribution in [2.45, 2.75) is 20.0 Å². The van der Waals surface area contributed by atoms with Crippen LogP contribution < -0.4 is 5.32 Å². The molecule has 27 heavy (non-hydrogen) atoms. The summed E-state index contributed by atoms with van der Waals surface area (Å²) in [5.74, 6) is 5.10. The van der Waals surface area contributed by atoms with E-state index in [9.17, 15) is 0 Å². The third-order valence-electron chi connectivity index (χ3n) is 4.21. The number of terminal acetylenes is 1. The molecule has 0 unspecified atom stereocenters. The first-order valence-electron chi connectivity index (χ1n) is 8.88. The van der Waals surface area contributed by atoms with Crippen molar-refractivity contribution in [3.8, 4) is 12.3 Å². The first kappa shape index (κ1) is 18.9. The van der Waals surface area contributed by atoms with Crippen LogP contribution in [0.15, 0.2) is 41.0 Å². The fourth-order valence-electron chi connectivity index (χ4n) is 2.94. The van der Waals surface area contributed by atoms with Gasteiger partial charge in [-0.05, 0) is 30.7 Å². The number of para-hydroxylation sites is 1. The summed E-state index contributed by atoms with van der Waals surface area (Å²) in [5.41, 5.74) is 2.06. The summed E-state index contributed by atoms with van der Waals surface area (Å²) in [6, 6.07) is 9.91. The van der Waals surface area contributed by atoms with Gasteiger partial charge in [-0.15, -0.1) is 6.42 Å². The molecule has 2 heterocycles. The number of anilines is 1. The second-order valence-corrected chi connectivity index (χ2v) is 6.31. The third kappa shape index (κ3) is 4.85. The van der Waals surface area contributed by atoms with Crippen molar-refractivity contribution in [2.24, 2.45) is 0 Å². The summed E-state index contributed by atoms with van der Waals surface area (Å²) in [6.07, 6.45) is 7.21. The first-order chi connectivity index (χ1) is 13.2. The highest BCUT2D eigenvalue weighted by Crippen LogP contribution is 2.23. The van der Waals surface area contributed by atoms with E-state index in [1.54, 1.807) is 13.4 Å². The van der Waals surface area contributed by atoms with Gasteiger partial charge in [-0.2, -0.15) is 0 Å². The number of nitrogens with zero attached hydrogens (tertiary/aromatic N) is 3. The Morgan fingerprint density at radius 1 is 1.22 bits per heavy atom. The minimum atomic E-state index is 0.488. The molecule has 0 saturated heterocycles. The van der Waals surface area contributed by atoms with Crippen molar-refractivity contribution in [1.82, 2.24) is 14.9 Å². The maximum absolute atomic E-state index is 5.55. The predicted octanol–water partition coefficient (Wildman–Crippen LogP) is 3.22. The molecule has 3 rings (SSSR count). The van der Waals surface area contributed by atoms with E-state index in [0.717, 1.165) is 33.9 Å². The number of ether oxygens (including phenoxy) is 1. The molecule has 140 valence electrons. The molecule has 6 nitrogen and oxygen atoms in total. The molecule has 0 saturated carbocycles. The molecule has 0 bridgehead atoms. The van der Waals surface area contributed by atoms with Crippen LogP contribution in [0.3, 0.4) is 0 Å². The highest BCUT2D eigenvalue weighted by atomic mass is 16.5. The Morgan fingerprint density at radius 3 is 2.85 bits per heavy atom. The van der Waals surface area contributed by atoms with Gasteiger partial charge in [0, 0.05) is 19.0 Å². The van der Waals surface area contributed by atoms with Crippen LogP contribution in [0.1, 0.15) is 17.1 Å². The zero-order valence-corrected chi connectivity index (χ0v) is 15.7. The Morgan fingerprint density at radius 2 is 2.11 bits per heavy atom. The number of methoxy groups -OCH3 is 1. The molecule has 1 N–H and O–H groups in total. The van der Waals surface area contributed by atoms with Gasteiger partial charge >= 0.3 is 0 Å². The van der Waals surface area contributed by atoms with Crippen LogP contribution in [-0.4, -0.2) is 41.7 Å². The van der Waals surface area contributed by atoms with Gasteiger partial charge in [-0.1, -0.05) is 18.1 Å². The Bertz CT molecular complexity index is 916. The van der Waals surface area contributed by atoms with Crippen molar-refractivity contribution in [1.29, 1.82) is 0 Å². The third-order valence-corrected chi connectivity index (χ3v) is 4.21. The SMILES string of the molecule is C#CCN(Cc1nc(NCCOC)c2cccc(C)c2n1)Cc1ccco1. The average molecular weight is 364 g/mol. The lowest BCUT2D eigenvalue weighted by atomic mass is 10.1. The molecule has 0 aliphatic heterocycles. The lowest BCUT2D eigenvalue weighted by Gasteiger charge is -2.19. The Kier molecular flexibility index (Phi) is 6.42. The van der Waals surface area contributed by atoms with Crippen LogP contribution in [0.5, 0.6) is 0 Å². The van der Waals surface area contributed by atoms with E-state index >= 15 is 0 Å². The van der Waals surface area contributed by atoms with E-state index in [4.69, 9.17) is 25.5 Å². The van der Waals surface area contributed by atoms with Crippen LogP contribution in [-0.2, 0) is 17.8 Å². The van der Waals surface area contributed by atoms with E-state index in [2.05, 4.69) is 29.1 Å². The van der Waals surface area contributed by atoms with Gasteiger partial charge in [0.2, 0.25) is 0 Å². The molecule has 0 aliphatic rings. The molecule has 0 radical (unpaired) electrons. The van der Waals surface area contributed by atoms with E-state index in [-0.39, 0.29) is 0 Å². The highest BCUT2D eigenvalue weighted by molar-refractivity contribution is 5.91. The van der Waals surface area contributed by atoms with E-state index in [0.29, 0.717) is 32.8 Å². The molecule has 1 aromatic carbocycles. The molecule has 6 heteroatoms. The van der Waals surface area contributed by atoms with E-state index in [1.807, 2.05) is 24.3 Å². The number of furan rings is 1. The molecular weight excluding hydrogens is 340 g/mol. The zero-order chi connectivity index (χ0) is 19.1. The number of fused-ring (bicyclic) bond motifs is 1. The largest absolute Gasteiger partial charge is 0.468 e. The van der Waals surface area contributed by atoms with Crippen LogP contribution in [0.4, 0.5) is 5.82 Å². The number of rotatable bonds is 9. The molecule has 0 fully saturated rings. The number of aryl methyl sites for hydroxylation is 1. The van der Waals surface area contributed by atoms with Crippen molar-refractivity contribution in [2.75, 3.05) is 32.1 Å². The van der Waals surface area contributed by atoms with Crippen molar-refractivity contribution in [3.05, 3.63) is 53.7 Å². The maximum atomic E-state index is 5.55. The zero-order valence-electron chi connectivity index (χ0n) is 15.7. The fraction of sp³-hybridized carbons (Fsp3) is 0.333. The summed E-state index contributed by atoms with van der Waals surface area (Å²) in [7, 11) is 1.68. The van der Waals surface area contributed by atoms with Gasteiger partial charge in [-0.25, -0.2) is 9.97 Å². The van der Waals surface area contributed by atoms with Crippen LogP contribution in [0.25, 0.3) is 10.9 Å². The molecule has 0 amide bonds. The van der Waals surface area contributed by atoms with Gasteiger partial charge < -0.3 is 14.5 Å². The van der Waals surface area contributed by atoms with Crippen molar-refractivity contribution >= 4 is 16.7 Å². The maximum Gasteiger partial charge on any atom is 0.145 e. The van der Waals surface area contributed by atoms with Crippen molar-refractivity contribution < 1.29 is 9.15 Å². The van der Waals surface area contributed by atoms with Crippen LogP contribution in [0, 0.1) is 19.3 Å². The summed E-state index contributed by atoms with van der Waals surface area (Å²) in [5, 5.41) is 4.36. The monoisotopic (exact) mass is 364 g/mol. The molecule has 2 aromatic heterocycles. The average Bonchev–Trinajstić information content (AvgIpc) is 3.16. The minimum absolute atomic E-state index is 0.488. The molecule has 0 atom stereocenters. The predicted molar refractivity (Wildman–Crippen MR) is 106 cm³/mol. The lowest BCUT2D eigenvalue weighted by Crippen LogP contribution is -2.24. The quantitative estimate of drug-likeness (QED) is 0.465. The van der Waals surface area contributed by atoms with Crippen LogP contribution in [0.2, 0.25) is 0 Å². The van der Waals surface area contributed by atoms with Gasteiger partial charge in [0.1, 0.15) is 17.4 Å². The number of hydrogen-bond acceptors (Lipinski definition) is 6. The van der Waals surface area contributed by atoms with Gasteiger partial charge in [0.25, 0.3) is 0 Å². The topological polar surface area (TPSA) is 63.4 Å². The highest BCUT2D eigenvalue weighted by Gasteiger charge is 2.13. The smallest absolute Gasteiger partial charge is 0.145 e. The molecule has 0 spiro atoms. The van der Waals surface area contributed by atoms with Crippen LogP contribution >= 0.6 is 0 Å². The van der Waals surface area contributed by atoms with Gasteiger partial charge in [0.15, 0.2) is 0 Å². The summed E-state index contributed by atoms with van der Waals surface area (Å²) in [4.78, 5) is 11.6. The normalized spacial score (nSPS) is 11.0. The van der Waals surface area contributed by atoms with Gasteiger partial charge in [0.05, 0.1) is 38.0 Å². The Labute approximate surface area is 159 Å². The molecule has 3 aromatic rings. The van der Waals surface area contributed by atoms with Crippen molar-refractivity contribution in [3.63, 3.8) is 0 Å². The Balaban J connectivity index is 1.89. The second kappa shape index (κ2) is 9.17. The summed E-state index contributed by atoms with van der Waals surface area (Å²) in [6.45, 7) is 4.97. The standard InChI is InChI=1S/C21H24N4O2/c1-4-11-25(14-17-8-6-12-27-17)15-19-23-20-16(2)7-5-9-18(20)21(24-19)22-10-13-26-3/h1,5-9,12H,10-11,13-15H2,2-3H3,(H,22,23,24). The Hall–Kier alpha value is -2.88. The summed E-state index contributed by atoms with van der Waals surface area (Å²) < 4.78 is 10.6. The number of hydrogen-bond donors (Lipinski definition) is 1.